The fraction of sp³-hybridized carbons (Fsp3) is 0.118. The maximum atomic E-state index is 12.6. The van der Waals surface area contributed by atoms with E-state index in [1.807, 2.05) is 0 Å². The van der Waals surface area contributed by atoms with E-state index in [0.29, 0.717) is 16.3 Å². The number of anilines is 2. The van der Waals surface area contributed by atoms with Crippen molar-refractivity contribution in [1.29, 1.82) is 0 Å². The van der Waals surface area contributed by atoms with Gasteiger partial charge < -0.3 is 9.73 Å². The number of rotatable bonds is 4. The normalized spacial score (nSPS) is 11.3. The highest BCUT2D eigenvalue weighted by molar-refractivity contribution is 5.91. The molecule has 0 unspecified atom stereocenters. The zero-order chi connectivity index (χ0) is 19.6. The number of halogens is 3. The predicted octanol–water partition coefficient (Wildman–Crippen LogP) is 3.96. The molecule has 0 saturated carbocycles. The molecule has 0 aliphatic carbocycles. The van der Waals surface area contributed by atoms with Gasteiger partial charge in [0.1, 0.15) is 5.69 Å². The molecule has 7 nitrogen and oxygen atoms in total. The summed E-state index contributed by atoms with van der Waals surface area (Å²) in [5, 5.41) is 12.3. The molecule has 0 fully saturated rings. The molecule has 27 heavy (non-hydrogen) atoms. The Labute approximate surface area is 151 Å². The number of nitrogens with one attached hydrogen (secondary N) is 1. The van der Waals surface area contributed by atoms with Crippen molar-refractivity contribution >= 4 is 17.6 Å². The summed E-state index contributed by atoms with van der Waals surface area (Å²) in [4.78, 5) is 19.5. The Morgan fingerprint density at radius 3 is 2.37 bits per heavy atom. The van der Waals surface area contributed by atoms with Crippen LogP contribution in [0, 0.1) is 0 Å². The van der Waals surface area contributed by atoms with Gasteiger partial charge in [-0.1, -0.05) is 12.1 Å². The van der Waals surface area contributed by atoms with Crippen LogP contribution in [0.15, 0.2) is 53.2 Å². The maximum absolute atomic E-state index is 12.6. The van der Waals surface area contributed by atoms with Gasteiger partial charge in [0.05, 0.1) is 23.6 Å². The molecule has 0 atom stereocenters. The number of amides is 1. The van der Waals surface area contributed by atoms with Crippen molar-refractivity contribution in [2.24, 2.45) is 0 Å². The molecular formula is C17H13F3N4O3. The number of aromatic nitrogens is 2. The number of pyridine rings is 1. The predicted molar refractivity (Wildman–Crippen MR) is 88.3 cm³/mol. The topological polar surface area (TPSA) is 91.5 Å². The Morgan fingerprint density at radius 1 is 1.11 bits per heavy atom. The summed E-state index contributed by atoms with van der Waals surface area (Å²) in [5.74, 6) is -0.379. The number of hydrogen-bond donors (Lipinski definition) is 2. The second-order valence-corrected chi connectivity index (χ2v) is 5.49. The third-order valence-electron chi connectivity index (χ3n) is 3.53. The van der Waals surface area contributed by atoms with E-state index in [9.17, 15) is 18.0 Å². The van der Waals surface area contributed by atoms with E-state index in [1.54, 1.807) is 0 Å². The van der Waals surface area contributed by atoms with Crippen molar-refractivity contribution in [3.05, 3.63) is 60.0 Å². The van der Waals surface area contributed by atoms with Crippen LogP contribution in [0.2, 0.25) is 0 Å². The van der Waals surface area contributed by atoms with Gasteiger partial charge in [0.2, 0.25) is 0 Å². The molecule has 0 saturated heterocycles. The smallest absolute Gasteiger partial charge is 0.416 e. The van der Waals surface area contributed by atoms with Crippen molar-refractivity contribution in [1.82, 2.24) is 15.0 Å². The molecule has 0 radical (unpaired) electrons. The van der Waals surface area contributed by atoms with Gasteiger partial charge in [-0.3, -0.25) is 10.0 Å². The van der Waals surface area contributed by atoms with Crippen LogP contribution in [-0.4, -0.2) is 33.2 Å². The van der Waals surface area contributed by atoms with Gasteiger partial charge >= 0.3 is 6.18 Å². The first-order valence-electron chi connectivity index (χ1n) is 7.57. The van der Waals surface area contributed by atoms with Crippen LogP contribution in [0.5, 0.6) is 0 Å². The fourth-order valence-corrected chi connectivity index (χ4v) is 2.17. The number of hydrogen-bond acceptors (Lipinski definition) is 6. The van der Waals surface area contributed by atoms with E-state index in [4.69, 9.17) is 9.62 Å². The van der Waals surface area contributed by atoms with E-state index in [2.05, 4.69) is 15.3 Å². The lowest BCUT2D eigenvalue weighted by molar-refractivity contribution is -0.137. The van der Waals surface area contributed by atoms with E-state index < -0.39 is 17.6 Å². The molecule has 3 rings (SSSR count). The largest absolute Gasteiger partial charge is 0.423 e. The van der Waals surface area contributed by atoms with Crippen LogP contribution in [-0.2, 0) is 6.18 Å². The quantitative estimate of drug-likeness (QED) is 0.527. The van der Waals surface area contributed by atoms with Crippen molar-refractivity contribution in [2.45, 2.75) is 6.18 Å². The van der Waals surface area contributed by atoms with Crippen molar-refractivity contribution < 1.29 is 27.6 Å². The van der Waals surface area contributed by atoms with E-state index in [0.717, 1.165) is 12.1 Å². The third kappa shape index (κ3) is 4.23. The number of nitrogens with zero attached hydrogens (tertiary/aromatic N) is 3. The van der Waals surface area contributed by atoms with E-state index >= 15 is 0 Å². The molecule has 0 aliphatic heterocycles. The van der Waals surface area contributed by atoms with Crippen LogP contribution in [0.3, 0.4) is 0 Å². The number of benzene rings is 1. The minimum Gasteiger partial charge on any atom is -0.423 e. The average Bonchev–Trinajstić information content (AvgIpc) is 3.09. The van der Waals surface area contributed by atoms with Gasteiger partial charge in [-0.05, 0) is 24.3 Å². The highest BCUT2D eigenvalue weighted by atomic mass is 19.4. The number of oxazole rings is 1. The van der Waals surface area contributed by atoms with Crippen molar-refractivity contribution in [3.8, 4) is 11.3 Å². The van der Waals surface area contributed by atoms with Crippen LogP contribution < -0.4 is 5.32 Å². The molecular weight excluding hydrogens is 365 g/mol. The van der Waals surface area contributed by atoms with Gasteiger partial charge in [-0.2, -0.15) is 13.2 Å². The van der Waals surface area contributed by atoms with Gasteiger partial charge in [-0.25, -0.2) is 15.0 Å². The van der Waals surface area contributed by atoms with Gasteiger partial charge in [0, 0.05) is 12.6 Å². The first-order valence-corrected chi connectivity index (χ1v) is 7.57. The molecule has 1 amide bonds. The van der Waals surface area contributed by atoms with Crippen molar-refractivity contribution in [2.75, 3.05) is 12.4 Å². The Balaban J connectivity index is 1.72. The molecule has 0 bridgehead atoms. The molecule has 2 heterocycles. The van der Waals surface area contributed by atoms with Crippen molar-refractivity contribution in [3.63, 3.8) is 0 Å². The molecule has 140 valence electrons. The number of carbonyl (C=O) groups is 1. The molecule has 0 aliphatic rings. The summed E-state index contributed by atoms with van der Waals surface area (Å²) in [6.45, 7) is 0. The molecule has 2 N–H and O–H groups in total. The number of alkyl halides is 3. The van der Waals surface area contributed by atoms with E-state index in [1.165, 1.54) is 43.7 Å². The summed E-state index contributed by atoms with van der Waals surface area (Å²) in [6.07, 6.45) is -1.69. The summed E-state index contributed by atoms with van der Waals surface area (Å²) in [5.41, 5.74) is 0.198. The Kier molecular flexibility index (Phi) is 4.82. The first-order chi connectivity index (χ1) is 12.7. The molecule has 1 aromatic carbocycles. The van der Waals surface area contributed by atoms with Crippen LogP contribution >= 0.6 is 0 Å². The maximum Gasteiger partial charge on any atom is 0.416 e. The molecule has 0 spiro atoms. The fourth-order valence-electron chi connectivity index (χ4n) is 2.17. The van der Waals surface area contributed by atoms with E-state index in [-0.39, 0.29) is 17.5 Å². The Bertz CT molecular complexity index is 935. The molecule has 3 aromatic rings. The minimum atomic E-state index is -4.40. The second kappa shape index (κ2) is 7.08. The average molecular weight is 378 g/mol. The van der Waals surface area contributed by atoms with Gasteiger partial charge in [0.15, 0.2) is 5.76 Å². The van der Waals surface area contributed by atoms with Crippen LogP contribution in [0.25, 0.3) is 11.3 Å². The minimum absolute atomic E-state index is 0.0448. The standard InChI is InChI=1S/C17H13F3N4O3/c1-24(26)15(25)13-7-6-12(8-21-13)23-16-22-9-14(27-16)10-2-4-11(5-3-10)17(18,19)20/h2-9,26H,1H3,(H,22,23). The van der Waals surface area contributed by atoms with Gasteiger partial charge in [0.25, 0.3) is 11.9 Å². The summed E-state index contributed by atoms with van der Waals surface area (Å²) < 4.78 is 43.3. The SMILES string of the molecule is CN(O)C(=O)c1ccc(Nc2ncc(-c3ccc(C(F)(F)F)cc3)o2)cn1. The summed E-state index contributed by atoms with van der Waals surface area (Å²) in [7, 11) is 1.19. The lowest BCUT2D eigenvalue weighted by Crippen LogP contribution is -2.23. The number of hydroxylamine groups is 2. The van der Waals surface area contributed by atoms with Crippen LogP contribution in [0.4, 0.5) is 24.9 Å². The zero-order valence-electron chi connectivity index (χ0n) is 13.9. The second-order valence-electron chi connectivity index (χ2n) is 5.49. The summed E-state index contributed by atoms with van der Waals surface area (Å²) >= 11 is 0. The zero-order valence-corrected chi connectivity index (χ0v) is 13.9. The lowest BCUT2D eigenvalue weighted by atomic mass is 10.1. The molecule has 10 heteroatoms. The Morgan fingerprint density at radius 2 is 1.81 bits per heavy atom. The highest BCUT2D eigenvalue weighted by Gasteiger charge is 2.30. The molecule has 2 aromatic heterocycles. The van der Waals surface area contributed by atoms with Gasteiger partial charge in [-0.15, -0.1) is 0 Å². The highest BCUT2D eigenvalue weighted by Crippen LogP contribution is 2.31. The Hall–Kier alpha value is -3.40. The third-order valence-corrected chi connectivity index (χ3v) is 3.53. The monoisotopic (exact) mass is 378 g/mol. The lowest BCUT2D eigenvalue weighted by Gasteiger charge is -2.08. The van der Waals surface area contributed by atoms with Crippen LogP contribution in [0.1, 0.15) is 16.1 Å². The number of carbonyl (C=O) groups excluding carboxylic acids is 1. The first kappa shape index (κ1) is 18.4. The summed E-state index contributed by atoms with van der Waals surface area (Å²) in [6, 6.07) is 7.54.